The Labute approximate surface area is 121 Å². The molecule has 0 unspecified atom stereocenters. The van der Waals surface area contributed by atoms with Gasteiger partial charge in [0.05, 0.1) is 22.5 Å². The first kappa shape index (κ1) is 14.2. The molecule has 0 spiro atoms. The van der Waals surface area contributed by atoms with Crippen LogP contribution in [0.15, 0.2) is 24.4 Å². The third-order valence-corrected chi connectivity index (χ3v) is 3.43. The molecule has 1 aromatic heterocycles. The summed E-state index contributed by atoms with van der Waals surface area (Å²) in [7, 11) is 0. The molecule has 10 heteroatoms. The summed E-state index contributed by atoms with van der Waals surface area (Å²) in [6.07, 6.45) is 1.56. The number of aromatic nitrogens is 1. The molecule has 0 bridgehead atoms. The van der Waals surface area contributed by atoms with Gasteiger partial charge in [-0.3, -0.25) is 20.2 Å². The van der Waals surface area contributed by atoms with Crippen LogP contribution in [0.2, 0.25) is 4.47 Å². The molecule has 1 N–H and O–H groups in total. The molecule has 0 aliphatic carbocycles. The van der Waals surface area contributed by atoms with E-state index in [2.05, 4.69) is 10.3 Å². The molecule has 104 valence electrons. The number of hydrogen-bond acceptors (Lipinski definition) is 7. The van der Waals surface area contributed by atoms with Crippen molar-refractivity contribution in [1.82, 2.24) is 4.98 Å². The van der Waals surface area contributed by atoms with E-state index < -0.39 is 9.85 Å². The van der Waals surface area contributed by atoms with Crippen LogP contribution in [0.3, 0.4) is 0 Å². The van der Waals surface area contributed by atoms with Gasteiger partial charge in [0.25, 0.3) is 11.4 Å². The molecule has 0 amide bonds. The lowest BCUT2D eigenvalue weighted by molar-refractivity contribution is -0.394. The van der Waals surface area contributed by atoms with Crippen LogP contribution in [0.25, 0.3) is 0 Å². The fourth-order valence-corrected chi connectivity index (χ4v) is 2.38. The Morgan fingerprint density at radius 2 is 1.80 bits per heavy atom. The topological polar surface area (TPSA) is 111 Å². The second-order valence-electron chi connectivity index (χ2n) is 3.69. The lowest BCUT2D eigenvalue weighted by atomic mass is 10.2. The summed E-state index contributed by atoms with van der Waals surface area (Å²) in [5, 5.41) is 24.3. The molecule has 0 atom stereocenters. The van der Waals surface area contributed by atoms with E-state index in [0.29, 0.717) is 11.0 Å². The minimum absolute atomic E-state index is 0.287. The van der Waals surface area contributed by atoms with E-state index in [-0.39, 0.29) is 17.1 Å². The number of thiazole rings is 1. The minimum Gasteiger partial charge on any atom is -0.380 e. The lowest BCUT2D eigenvalue weighted by Crippen LogP contribution is -2.00. The molecule has 2 rings (SSSR count). The van der Waals surface area contributed by atoms with E-state index >= 15 is 0 Å². The number of rotatable bonds is 5. The Morgan fingerprint density at radius 1 is 1.20 bits per heavy atom. The van der Waals surface area contributed by atoms with Gasteiger partial charge in [0.15, 0.2) is 4.47 Å². The average molecular weight is 315 g/mol. The van der Waals surface area contributed by atoms with Crippen molar-refractivity contribution in [2.45, 2.75) is 6.54 Å². The van der Waals surface area contributed by atoms with Crippen LogP contribution in [0.1, 0.15) is 4.88 Å². The summed E-state index contributed by atoms with van der Waals surface area (Å²) in [6.45, 7) is 0.322. The highest BCUT2D eigenvalue weighted by Crippen LogP contribution is 2.26. The fraction of sp³-hybridized carbons (Fsp3) is 0.100. The first-order valence-electron chi connectivity index (χ1n) is 5.23. The summed E-state index contributed by atoms with van der Waals surface area (Å²) in [5.41, 5.74) is -0.400. The van der Waals surface area contributed by atoms with Crippen LogP contribution in [-0.4, -0.2) is 14.8 Å². The van der Waals surface area contributed by atoms with E-state index in [0.717, 1.165) is 10.9 Å². The molecule has 20 heavy (non-hydrogen) atoms. The molecule has 0 saturated heterocycles. The van der Waals surface area contributed by atoms with Crippen LogP contribution in [-0.2, 0) is 6.54 Å². The van der Waals surface area contributed by atoms with Gasteiger partial charge in [-0.25, -0.2) is 4.98 Å². The maximum Gasteiger partial charge on any atom is 0.278 e. The van der Waals surface area contributed by atoms with Gasteiger partial charge in [-0.05, 0) is 0 Å². The fourth-order valence-electron chi connectivity index (χ4n) is 1.46. The Hall–Kier alpha value is -2.26. The van der Waals surface area contributed by atoms with Gasteiger partial charge in [0.1, 0.15) is 0 Å². The van der Waals surface area contributed by atoms with E-state index in [4.69, 9.17) is 11.6 Å². The number of nitro benzene ring substituents is 2. The maximum atomic E-state index is 10.7. The first-order valence-corrected chi connectivity index (χ1v) is 6.43. The number of nitrogens with one attached hydrogen (secondary N) is 1. The smallest absolute Gasteiger partial charge is 0.278 e. The standard InChI is InChI=1S/C10H7ClN4O4S/c11-10-13-5-9(20-10)4-12-6-1-7(14(16)17)3-8(2-6)15(18)19/h1-3,5,12H,4H2. The molecule has 8 nitrogen and oxygen atoms in total. The molecule has 0 fully saturated rings. The van der Waals surface area contributed by atoms with E-state index in [9.17, 15) is 20.2 Å². The van der Waals surface area contributed by atoms with Gasteiger partial charge >= 0.3 is 0 Å². The highest BCUT2D eigenvalue weighted by atomic mass is 35.5. The summed E-state index contributed by atoms with van der Waals surface area (Å²) < 4.78 is 0.381. The van der Waals surface area contributed by atoms with Crippen molar-refractivity contribution >= 4 is 40.0 Å². The zero-order chi connectivity index (χ0) is 14.7. The quantitative estimate of drug-likeness (QED) is 0.670. The Balaban J connectivity index is 2.21. The van der Waals surface area contributed by atoms with Crippen molar-refractivity contribution in [2.24, 2.45) is 0 Å². The Kier molecular flexibility index (Phi) is 4.11. The van der Waals surface area contributed by atoms with Gasteiger partial charge in [-0.15, -0.1) is 11.3 Å². The molecule has 1 heterocycles. The normalized spacial score (nSPS) is 10.2. The number of non-ortho nitro benzene ring substituents is 2. The van der Waals surface area contributed by atoms with Crippen molar-refractivity contribution in [2.75, 3.05) is 5.32 Å². The van der Waals surface area contributed by atoms with Gasteiger partial charge in [0.2, 0.25) is 0 Å². The summed E-state index contributed by atoms with van der Waals surface area (Å²) >= 11 is 6.93. The van der Waals surface area contributed by atoms with Crippen LogP contribution in [0.5, 0.6) is 0 Å². The van der Waals surface area contributed by atoms with E-state index in [1.165, 1.54) is 23.5 Å². The lowest BCUT2D eigenvalue weighted by Gasteiger charge is -2.04. The van der Waals surface area contributed by atoms with Crippen molar-refractivity contribution in [3.05, 3.63) is 54.0 Å². The zero-order valence-electron chi connectivity index (χ0n) is 9.78. The molecule has 1 aromatic carbocycles. The number of hydrogen-bond donors (Lipinski definition) is 1. The van der Waals surface area contributed by atoms with E-state index in [1.807, 2.05) is 0 Å². The van der Waals surface area contributed by atoms with Gasteiger partial charge < -0.3 is 5.32 Å². The Morgan fingerprint density at radius 3 is 2.25 bits per heavy atom. The third kappa shape index (κ3) is 3.39. The predicted molar refractivity (Wildman–Crippen MR) is 74.2 cm³/mol. The highest BCUT2D eigenvalue weighted by molar-refractivity contribution is 7.15. The van der Waals surface area contributed by atoms with Gasteiger partial charge in [-0.1, -0.05) is 11.6 Å². The number of benzene rings is 1. The molecule has 0 aliphatic rings. The Bertz CT molecular complexity index is 643. The van der Waals surface area contributed by atoms with Crippen molar-refractivity contribution in [3.63, 3.8) is 0 Å². The summed E-state index contributed by atoms with van der Waals surface area (Å²) in [4.78, 5) is 24.8. The summed E-state index contributed by atoms with van der Waals surface area (Å²) in [6, 6.07) is 3.38. The number of nitro groups is 2. The van der Waals surface area contributed by atoms with Crippen LogP contribution >= 0.6 is 22.9 Å². The molecular weight excluding hydrogens is 308 g/mol. The largest absolute Gasteiger partial charge is 0.380 e. The van der Waals surface area contributed by atoms with Gasteiger partial charge in [-0.2, -0.15) is 0 Å². The second kappa shape index (κ2) is 5.80. The van der Waals surface area contributed by atoms with E-state index in [1.54, 1.807) is 6.20 Å². The van der Waals surface area contributed by atoms with Crippen LogP contribution in [0, 0.1) is 20.2 Å². The molecular formula is C10H7ClN4O4S. The van der Waals surface area contributed by atoms with Crippen LogP contribution in [0.4, 0.5) is 17.1 Å². The van der Waals surface area contributed by atoms with Gasteiger partial charge in [0, 0.05) is 28.9 Å². The minimum atomic E-state index is -0.679. The third-order valence-electron chi connectivity index (χ3n) is 2.32. The number of halogens is 1. The molecule has 0 radical (unpaired) electrons. The highest BCUT2D eigenvalue weighted by Gasteiger charge is 2.16. The second-order valence-corrected chi connectivity index (χ2v) is 5.38. The first-order chi connectivity index (χ1) is 9.45. The average Bonchev–Trinajstić information content (AvgIpc) is 2.81. The molecule has 0 saturated carbocycles. The number of nitrogens with zero attached hydrogens (tertiary/aromatic N) is 3. The van der Waals surface area contributed by atoms with Crippen molar-refractivity contribution in [1.29, 1.82) is 0 Å². The van der Waals surface area contributed by atoms with Crippen molar-refractivity contribution in [3.8, 4) is 0 Å². The molecule has 2 aromatic rings. The maximum absolute atomic E-state index is 10.7. The van der Waals surface area contributed by atoms with Crippen molar-refractivity contribution < 1.29 is 9.85 Å². The summed E-state index contributed by atoms with van der Waals surface area (Å²) in [5.74, 6) is 0. The monoisotopic (exact) mass is 314 g/mol. The predicted octanol–water partition coefficient (Wildman–Crippen LogP) is 3.23. The van der Waals surface area contributed by atoms with Crippen LogP contribution < -0.4 is 5.32 Å². The molecule has 0 aliphatic heterocycles. The SMILES string of the molecule is O=[N+]([O-])c1cc(NCc2cnc(Cl)s2)cc([N+](=O)[O-])c1. The zero-order valence-corrected chi connectivity index (χ0v) is 11.3. The number of anilines is 1.